The number of nitrogens with zero attached hydrogens (tertiary/aromatic N) is 3. The fraction of sp³-hybridized carbons (Fsp3) is 0.303. The molecule has 1 fully saturated rings. The highest BCUT2D eigenvalue weighted by molar-refractivity contribution is 8.13. The van der Waals surface area contributed by atoms with Gasteiger partial charge >= 0.3 is 0 Å². The first-order valence-corrected chi connectivity index (χ1v) is 17.8. The van der Waals surface area contributed by atoms with Crippen LogP contribution in [0, 0.1) is 19.3 Å². The van der Waals surface area contributed by atoms with Crippen LogP contribution in [0.1, 0.15) is 40.8 Å². The van der Waals surface area contributed by atoms with Crippen molar-refractivity contribution in [2.24, 2.45) is 0 Å². The molecule has 12 heteroatoms. The third kappa shape index (κ3) is 6.85. The molecule has 3 aromatic carbocycles. The van der Waals surface area contributed by atoms with Crippen LogP contribution < -0.4 is 4.74 Å². The molecule has 0 spiro atoms. The van der Waals surface area contributed by atoms with E-state index < -0.39 is 16.1 Å². The standard InChI is InChI=1S/C33H34Cl2N4O4S2/c1-20-17-21(2)37-31-24(20)7-5-9-28(31)43-19-25-26(34)14-15-29(30(25)35)45(41,42)39-16-6-8-27(39)33(40)38(3)18-22-10-12-23(13-11-22)32(36)44-4/h5,7,9-15,17,27,36H,6,8,16,18-19H2,1-4H3/t27-/m0/s1. The Hall–Kier alpha value is -3.15. The number of aryl methyl sites for hydroxylation is 2. The lowest BCUT2D eigenvalue weighted by atomic mass is 10.1. The van der Waals surface area contributed by atoms with Crippen molar-refractivity contribution in [3.05, 3.63) is 98.7 Å². The Morgan fingerprint density at radius 2 is 1.87 bits per heavy atom. The van der Waals surface area contributed by atoms with Gasteiger partial charge in [-0.2, -0.15) is 4.31 Å². The van der Waals surface area contributed by atoms with Gasteiger partial charge in [-0.1, -0.05) is 59.6 Å². The van der Waals surface area contributed by atoms with E-state index in [0.717, 1.165) is 27.8 Å². The molecule has 5 rings (SSSR count). The maximum Gasteiger partial charge on any atom is 0.245 e. The zero-order valence-electron chi connectivity index (χ0n) is 25.4. The molecule has 45 heavy (non-hydrogen) atoms. The number of halogens is 2. The number of amides is 1. The number of aromatic nitrogens is 1. The molecule has 4 aromatic rings. The van der Waals surface area contributed by atoms with E-state index in [0.29, 0.717) is 41.3 Å². The number of likely N-dealkylation sites (N-methyl/N-ethyl adjacent to an activating group) is 1. The topological polar surface area (TPSA) is 104 Å². The number of nitrogens with one attached hydrogen (secondary N) is 1. The van der Waals surface area contributed by atoms with E-state index in [-0.39, 0.29) is 34.0 Å². The molecule has 1 atom stereocenters. The molecule has 1 aromatic heterocycles. The Bertz CT molecular complexity index is 1880. The number of sulfonamides is 1. The zero-order valence-corrected chi connectivity index (χ0v) is 28.6. The van der Waals surface area contributed by atoms with Crippen LogP contribution in [-0.4, -0.2) is 59.4 Å². The highest BCUT2D eigenvalue weighted by Crippen LogP contribution is 2.37. The van der Waals surface area contributed by atoms with Crippen LogP contribution in [0.15, 0.2) is 65.6 Å². The highest BCUT2D eigenvalue weighted by atomic mass is 35.5. The molecule has 0 unspecified atom stereocenters. The molecule has 0 bridgehead atoms. The van der Waals surface area contributed by atoms with E-state index in [1.165, 1.54) is 33.1 Å². The van der Waals surface area contributed by atoms with Gasteiger partial charge in [-0.3, -0.25) is 10.2 Å². The van der Waals surface area contributed by atoms with E-state index in [4.69, 9.17) is 33.3 Å². The van der Waals surface area contributed by atoms with Gasteiger partial charge in [0.1, 0.15) is 28.8 Å². The van der Waals surface area contributed by atoms with Gasteiger partial charge in [0.15, 0.2) is 0 Å². The molecule has 0 saturated carbocycles. The van der Waals surface area contributed by atoms with Crippen LogP contribution in [-0.2, 0) is 28.0 Å². The third-order valence-corrected chi connectivity index (χ3v) is 11.4. The molecule has 1 aliphatic heterocycles. The number of thioether (sulfide) groups is 1. The van der Waals surface area contributed by atoms with Crippen molar-refractivity contribution in [2.75, 3.05) is 19.8 Å². The largest absolute Gasteiger partial charge is 0.487 e. The second-order valence-corrected chi connectivity index (χ2v) is 14.5. The molecule has 8 nitrogen and oxygen atoms in total. The SMILES string of the molecule is CSC(=N)c1ccc(CN(C)C(=O)[C@@H]2CCCN2S(=O)(=O)c2ccc(Cl)c(COc3cccc4c(C)cc(C)nc34)c2Cl)cc1. The molecule has 2 heterocycles. The van der Waals surface area contributed by atoms with Gasteiger partial charge in [0, 0.05) is 47.4 Å². The van der Waals surface area contributed by atoms with E-state index in [9.17, 15) is 13.2 Å². The summed E-state index contributed by atoms with van der Waals surface area (Å²) in [5.41, 5.74) is 4.63. The van der Waals surface area contributed by atoms with Crippen molar-refractivity contribution in [1.29, 1.82) is 5.41 Å². The van der Waals surface area contributed by atoms with Crippen molar-refractivity contribution in [2.45, 2.75) is 50.8 Å². The van der Waals surface area contributed by atoms with Gasteiger partial charge in [0.25, 0.3) is 0 Å². The molecule has 1 N–H and O–H groups in total. The Kier molecular flexibility index (Phi) is 10.1. The van der Waals surface area contributed by atoms with Gasteiger partial charge in [-0.25, -0.2) is 13.4 Å². The minimum absolute atomic E-state index is 0.0367. The highest BCUT2D eigenvalue weighted by Gasteiger charge is 2.41. The van der Waals surface area contributed by atoms with Gasteiger partial charge in [-0.05, 0) is 68.3 Å². The lowest BCUT2D eigenvalue weighted by Crippen LogP contribution is -2.46. The fourth-order valence-electron chi connectivity index (χ4n) is 5.62. The maximum atomic E-state index is 14.0. The molecule has 236 valence electrons. The molecular weight excluding hydrogens is 651 g/mol. The summed E-state index contributed by atoms with van der Waals surface area (Å²) < 4.78 is 35.4. The predicted molar refractivity (Wildman–Crippen MR) is 182 cm³/mol. The van der Waals surface area contributed by atoms with Crippen LogP contribution >= 0.6 is 35.0 Å². The van der Waals surface area contributed by atoms with Gasteiger partial charge in [-0.15, -0.1) is 11.8 Å². The zero-order chi connectivity index (χ0) is 32.5. The first-order chi connectivity index (χ1) is 21.4. The molecule has 1 aliphatic rings. The lowest BCUT2D eigenvalue weighted by molar-refractivity contribution is -0.133. The fourth-order valence-corrected chi connectivity index (χ4v) is 8.50. The number of carbonyl (C=O) groups is 1. The van der Waals surface area contributed by atoms with Crippen molar-refractivity contribution in [3.8, 4) is 5.75 Å². The van der Waals surface area contributed by atoms with Crippen LogP contribution in [0.5, 0.6) is 5.75 Å². The van der Waals surface area contributed by atoms with Gasteiger partial charge in [0.2, 0.25) is 15.9 Å². The second kappa shape index (κ2) is 13.7. The summed E-state index contributed by atoms with van der Waals surface area (Å²) in [7, 11) is -2.49. The Balaban J connectivity index is 1.36. The number of fused-ring (bicyclic) bond motifs is 1. The Labute approximate surface area is 278 Å². The summed E-state index contributed by atoms with van der Waals surface area (Å²) in [6, 6.07) is 17.1. The van der Waals surface area contributed by atoms with Crippen LogP contribution in [0.4, 0.5) is 0 Å². The first-order valence-electron chi connectivity index (χ1n) is 14.4. The minimum Gasteiger partial charge on any atom is -0.487 e. The average molecular weight is 686 g/mol. The molecular formula is C33H34Cl2N4O4S2. The van der Waals surface area contributed by atoms with Gasteiger partial charge in [0.05, 0.1) is 10.1 Å². The number of hydrogen-bond acceptors (Lipinski definition) is 7. The predicted octanol–water partition coefficient (Wildman–Crippen LogP) is 7.24. The first kappa shape index (κ1) is 33.2. The quantitative estimate of drug-likeness (QED) is 0.147. The van der Waals surface area contributed by atoms with Crippen LogP contribution in [0.25, 0.3) is 10.9 Å². The third-order valence-electron chi connectivity index (χ3n) is 7.95. The van der Waals surface area contributed by atoms with Crippen molar-refractivity contribution >= 4 is 66.8 Å². The summed E-state index contributed by atoms with van der Waals surface area (Å²) in [6.07, 6.45) is 2.80. The molecule has 0 aliphatic carbocycles. The number of rotatable bonds is 9. The summed E-state index contributed by atoms with van der Waals surface area (Å²) in [5.74, 6) is 0.241. The Morgan fingerprint density at radius 1 is 1.13 bits per heavy atom. The van der Waals surface area contributed by atoms with Crippen LogP contribution in [0.2, 0.25) is 10.0 Å². The number of carbonyl (C=O) groups excluding carboxylic acids is 1. The summed E-state index contributed by atoms with van der Waals surface area (Å²) in [6.45, 7) is 4.35. The lowest BCUT2D eigenvalue weighted by Gasteiger charge is -2.28. The summed E-state index contributed by atoms with van der Waals surface area (Å²) >= 11 is 14.6. The van der Waals surface area contributed by atoms with Crippen molar-refractivity contribution in [1.82, 2.24) is 14.2 Å². The van der Waals surface area contributed by atoms with Crippen molar-refractivity contribution < 1.29 is 17.9 Å². The average Bonchev–Trinajstić information content (AvgIpc) is 3.52. The number of benzene rings is 3. The molecule has 1 saturated heterocycles. The van der Waals surface area contributed by atoms with Crippen LogP contribution in [0.3, 0.4) is 0 Å². The number of pyridine rings is 1. The van der Waals surface area contributed by atoms with E-state index in [1.807, 2.05) is 62.6 Å². The second-order valence-electron chi connectivity index (χ2n) is 11.1. The number of ether oxygens (including phenoxy) is 1. The van der Waals surface area contributed by atoms with E-state index >= 15 is 0 Å². The smallest absolute Gasteiger partial charge is 0.245 e. The van der Waals surface area contributed by atoms with E-state index in [1.54, 1.807) is 13.1 Å². The molecule has 1 amide bonds. The van der Waals surface area contributed by atoms with Gasteiger partial charge < -0.3 is 9.64 Å². The monoisotopic (exact) mass is 684 g/mol. The molecule has 0 radical (unpaired) electrons. The number of para-hydroxylation sites is 1. The number of hydrogen-bond donors (Lipinski definition) is 1. The normalized spacial score (nSPS) is 15.4. The summed E-state index contributed by atoms with van der Waals surface area (Å²) in [4.78, 5) is 19.6. The Morgan fingerprint density at radius 3 is 2.58 bits per heavy atom. The summed E-state index contributed by atoms with van der Waals surface area (Å²) in [5, 5.41) is 9.63. The maximum absolute atomic E-state index is 14.0. The van der Waals surface area contributed by atoms with E-state index in [2.05, 4.69) is 4.98 Å². The van der Waals surface area contributed by atoms with Crippen molar-refractivity contribution in [3.63, 3.8) is 0 Å². The minimum atomic E-state index is -4.15.